The van der Waals surface area contributed by atoms with Crippen LogP contribution >= 0.6 is 0 Å². The molecule has 2 saturated heterocycles. The Kier molecular flexibility index (Phi) is 8.52. The van der Waals surface area contributed by atoms with E-state index >= 15 is 0 Å². The molecule has 1 N–H and O–H groups in total. The first-order valence-corrected chi connectivity index (χ1v) is 10.0. The van der Waals surface area contributed by atoms with E-state index in [1.54, 1.807) is 0 Å². The van der Waals surface area contributed by atoms with Crippen LogP contribution in [0.2, 0.25) is 0 Å². The number of hydrogen-bond donors (Lipinski definition) is 1. The van der Waals surface area contributed by atoms with Crippen LogP contribution in [0.1, 0.15) is 46.0 Å². The largest absolute Gasteiger partial charge is 0.466 e. The molecule has 25 heavy (non-hydrogen) atoms. The number of likely N-dealkylation sites (tertiary alicyclic amines) is 2. The standard InChI is InChI=1S/C19H36N4O2/c1-4-20-19(21-11-8-16-9-13-22(3)14-10-16)23-12-6-7-17(15-23)18(24)25-5-2/h16-17H,4-15H2,1-3H3,(H,20,21). The zero-order valence-electron chi connectivity index (χ0n) is 16.3. The number of guanidine groups is 1. The number of piperidine rings is 2. The smallest absolute Gasteiger partial charge is 0.310 e. The normalized spacial score (nSPS) is 23.6. The molecular formula is C19H36N4O2. The maximum atomic E-state index is 12.1. The first-order chi connectivity index (χ1) is 12.1. The summed E-state index contributed by atoms with van der Waals surface area (Å²) < 4.78 is 5.21. The van der Waals surface area contributed by atoms with Gasteiger partial charge in [0.1, 0.15) is 0 Å². The molecule has 0 aromatic carbocycles. The first-order valence-electron chi connectivity index (χ1n) is 10.0. The Labute approximate surface area is 153 Å². The van der Waals surface area contributed by atoms with Crippen molar-refractivity contribution in [2.45, 2.75) is 46.0 Å². The summed E-state index contributed by atoms with van der Waals surface area (Å²) in [5.41, 5.74) is 0. The predicted molar refractivity (Wildman–Crippen MR) is 102 cm³/mol. The molecule has 6 nitrogen and oxygen atoms in total. The fourth-order valence-corrected chi connectivity index (χ4v) is 3.75. The lowest BCUT2D eigenvalue weighted by Gasteiger charge is -2.34. The number of nitrogens with zero attached hydrogens (tertiary/aromatic N) is 3. The lowest BCUT2D eigenvalue weighted by atomic mass is 9.94. The summed E-state index contributed by atoms with van der Waals surface area (Å²) in [5, 5.41) is 3.40. The molecule has 0 aromatic heterocycles. The zero-order valence-corrected chi connectivity index (χ0v) is 16.3. The fraction of sp³-hybridized carbons (Fsp3) is 0.895. The summed E-state index contributed by atoms with van der Waals surface area (Å²) in [6.45, 7) is 10.3. The van der Waals surface area contributed by atoms with Gasteiger partial charge in [0.2, 0.25) is 0 Å². The van der Waals surface area contributed by atoms with E-state index < -0.39 is 0 Å². The SMILES string of the molecule is CCNC(=NCCC1CCN(C)CC1)N1CCCC(C(=O)OCC)C1. The zero-order chi connectivity index (χ0) is 18.1. The van der Waals surface area contributed by atoms with Crippen LogP contribution in [-0.4, -0.2) is 74.7 Å². The van der Waals surface area contributed by atoms with E-state index in [2.05, 4.69) is 29.1 Å². The highest BCUT2D eigenvalue weighted by molar-refractivity contribution is 5.81. The highest BCUT2D eigenvalue weighted by atomic mass is 16.5. The number of nitrogens with one attached hydrogen (secondary N) is 1. The van der Waals surface area contributed by atoms with Crippen LogP contribution in [0.15, 0.2) is 4.99 Å². The average molecular weight is 353 g/mol. The summed E-state index contributed by atoms with van der Waals surface area (Å²) in [4.78, 5) is 21.6. The number of esters is 1. The molecule has 1 atom stereocenters. The van der Waals surface area contributed by atoms with Crippen LogP contribution in [0.5, 0.6) is 0 Å². The van der Waals surface area contributed by atoms with Crippen LogP contribution in [0, 0.1) is 11.8 Å². The monoisotopic (exact) mass is 352 g/mol. The molecule has 0 saturated carbocycles. The summed E-state index contributed by atoms with van der Waals surface area (Å²) >= 11 is 0. The van der Waals surface area contributed by atoms with Gasteiger partial charge in [-0.25, -0.2) is 0 Å². The van der Waals surface area contributed by atoms with Gasteiger partial charge < -0.3 is 19.9 Å². The molecule has 0 aromatic rings. The molecule has 0 amide bonds. The van der Waals surface area contributed by atoms with Crippen LogP contribution in [0.25, 0.3) is 0 Å². The van der Waals surface area contributed by atoms with Gasteiger partial charge in [0.15, 0.2) is 5.96 Å². The van der Waals surface area contributed by atoms with Gasteiger partial charge in [-0.05, 0) is 72.0 Å². The topological polar surface area (TPSA) is 57.2 Å². The molecule has 144 valence electrons. The van der Waals surface area contributed by atoms with Crippen molar-refractivity contribution in [2.75, 3.05) is 52.9 Å². The minimum atomic E-state index is -0.0608. The Hall–Kier alpha value is -1.30. The Morgan fingerprint density at radius 1 is 1.20 bits per heavy atom. The van der Waals surface area contributed by atoms with Crippen molar-refractivity contribution < 1.29 is 9.53 Å². The molecule has 2 aliphatic rings. The second kappa shape index (κ2) is 10.6. The number of carbonyl (C=O) groups excluding carboxylic acids is 1. The second-order valence-electron chi connectivity index (χ2n) is 7.31. The third-order valence-corrected chi connectivity index (χ3v) is 5.31. The van der Waals surface area contributed by atoms with Crippen molar-refractivity contribution in [3.63, 3.8) is 0 Å². The lowest BCUT2D eigenvalue weighted by Crippen LogP contribution is -2.48. The second-order valence-corrected chi connectivity index (χ2v) is 7.31. The maximum Gasteiger partial charge on any atom is 0.310 e. The highest BCUT2D eigenvalue weighted by Gasteiger charge is 2.28. The Balaban J connectivity index is 1.86. The van der Waals surface area contributed by atoms with E-state index in [0.717, 1.165) is 57.3 Å². The molecule has 2 rings (SSSR count). The van der Waals surface area contributed by atoms with Gasteiger partial charge in [0.05, 0.1) is 12.5 Å². The van der Waals surface area contributed by atoms with E-state index in [1.165, 1.54) is 25.9 Å². The summed E-state index contributed by atoms with van der Waals surface area (Å²) in [7, 11) is 2.20. The molecule has 2 heterocycles. The Bertz CT molecular complexity index is 433. The van der Waals surface area contributed by atoms with Gasteiger partial charge in [-0.3, -0.25) is 9.79 Å². The van der Waals surface area contributed by atoms with Crippen LogP contribution in [-0.2, 0) is 9.53 Å². The van der Waals surface area contributed by atoms with Crippen LogP contribution in [0.3, 0.4) is 0 Å². The van der Waals surface area contributed by atoms with Gasteiger partial charge in [-0.15, -0.1) is 0 Å². The molecule has 2 aliphatic heterocycles. The van der Waals surface area contributed by atoms with Crippen LogP contribution < -0.4 is 5.32 Å². The predicted octanol–water partition coefficient (Wildman–Crippen LogP) is 1.96. The molecule has 0 bridgehead atoms. The van der Waals surface area contributed by atoms with Gasteiger partial charge in [-0.2, -0.15) is 0 Å². The van der Waals surface area contributed by atoms with Crippen molar-refractivity contribution >= 4 is 11.9 Å². The average Bonchev–Trinajstić information content (AvgIpc) is 2.63. The third-order valence-electron chi connectivity index (χ3n) is 5.31. The maximum absolute atomic E-state index is 12.1. The molecule has 0 aliphatic carbocycles. The van der Waals surface area contributed by atoms with Gasteiger partial charge in [-0.1, -0.05) is 0 Å². The molecule has 0 radical (unpaired) electrons. The number of rotatable bonds is 6. The number of aliphatic imine (C=N–C) groups is 1. The molecule has 1 unspecified atom stereocenters. The molecule has 0 spiro atoms. The minimum absolute atomic E-state index is 0.0218. The molecule has 6 heteroatoms. The highest BCUT2D eigenvalue weighted by Crippen LogP contribution is 2.20. The lowest BCUT2D eigenvalue weighted by molar-refractivity contribution is -0.149. The van der Waals surface area contributed by atoms with Gasteiger partial charge in [0, 0.05) is 26.2 Å². The van der Waals surface area contributed by atoms with Crippen molar-refractivity contribution in [1.29, 1.82) is 0 Å². The third kappa shape index (κ3) is 6.49. The minimum Gasteiger partial charge on any atom is -0.466 e. The Morgan fingerprint density at radius 2 is 1.96 bits per heavy atom. The summed E-state index contributed by atoms with van der Waals surface area (Å²) in [6, 6.07) is 0. The molecule has 2 fully saturated rings. The number of hydrogen-bond acceptors (Lipinski definition) is 4. The quantitative estimate of drug-likeness (QED) is 0.450. The number of carbonyl (C=O) groups is 1. The van der Waals surface area contributed by atoms with Crippen molar-refractivity contribution in [2.24, 2.45) is 16.8 Å². The van der Waals surface area contributed by atoms with Crippen LogP contribution in [0.4, 0.5) is 0 Å². The van der Waals surface area contributed by atoms with E-state index in [1.807, 2.05) is 6.92 Å². The van der Waals surface area contributed by atoms with Crippen molar-refractivity contribution in [3.05, 3.63) is 0 Å². The van der Waals surface area contributed by atoms with E-state index in [9.17, 15) is 4.79 Å². The first kappa shape index (κ1) is 20.0. The number of ether oxygens (including phenoxy) is 1. The van der Waals surface area contributed by atoms with Crippen molar-refractivity contribution in [3.8, 4) is 0 Å². The van der Waals surface area contributed by atoms with E-state index in [0.29, 0.717) is 6.61 Å². The Morgan fingerprint density at radius 3 is 2.64 bits per heavy atom. The fourth-order valence-electron chi connectivity index (χ4n) is 3.75. The van der Waals surface area contributed by atoms with E-state index in [4.69, 9.17) is 9.73 Å². The van der Waals surface area contributed by atoms with Gasteiger partial charge in [0.25, 0.3) is 0 Å². The van der Waals surface area contributed by atoms with Crippen molar-refractivity contribution in [1.82, 2.24) is 15.1 Å². The molecular weight excluding hydrogens is 316 g/mol. The van der Waals surface area contributed by atoms with E-state index in [-0.39, 0.29) is 11.9 Å². The summed E-state index contributed by atoms with van der Waals surface area (Å²) in [5.74, 6) is 1.68. The summed E-state index contributed by atoms with van der Waals surface area (Å²) in [6.07, 6.45) is 5.68. The van der Waals surface area contributed by atoms with Gasteiger partial charge >= 0.3 is 5.97 Å².